The van der Waals surface area contributed by atoms with Gasteiger partial charge in [0.2, 0.25) is 0 Å². The number of nitrogens with zero attached hydrogens (tertiary/aromatic N) is 1. The monoisotopic (exact) mass is 313 g/mol. The molecular formula is C17H15NO3S. The van der Waals surface area contributed by atoms with Gasteiger partial charge in [-0.15, -0.1) is 0 Å². The second-order valence-electron chi connectivity index (χ2n) is 4.78. The number of para-hydroxylation sites is 1. The molecule has 0 aliphatic carbocycles. The smallest absolute Gasteiger partial charge is 0.302 e. The summed E-state index contributed by atoms with van der Waals surface area (Å²) in [6.07, 6.45) is 4.02. The van der Waals surface area contributed by atoms with Gasteiger partial charge in [0.1, 0.15) is 0 Å². The van der Waals surface area contributed by atoms with Crippen LogP contribution in [-0.2, 0) is 22.2 Å². The highest BCUT2D eigenvalue weighted by Gasteiger charge is 2.06. The molecule has 112 valence electrons. The zero-order valence-corrected chi connectivity index (χ0v) is 12.6. The highest BCUT2D eigenvalue weighted by Crippen LogP contribution is 2.27. The molecule has 4 nitrogen and oxygen atoms in total. The van der Waals surface area contributed by atoms with E-state index in [-0.39, 0.29) is 6.61 Å². The summed E-state index contributed by atoms with van der Waals surface area (Å²) in [4.78, 5) is 0. The molecule has 0 bridgehead atoms. The van der Waals surface area contributed by atoms with Gasteiger partial charge < -0.3 is 4.57 Å². The number of aromatic nitrogens is 1. The Kier molecular flexibility index (Phi) is 4.48. The number of rotatable bonds is 5. The average molecular weight is 313 g/mol. The largest absolute Gasteiger partial charge is 0.323 e. The molecule has 0 radical (unpaired) electrons. The van der Waals surface area contributed by atoms with Crippen molar-refractivity contribution in [3.63, 3.8) is 0 Å². The summed E-state index contributed by atoms with van der Waals surface area (Å²) >= 11 is -2.23. The first-order valence-corrected chi connectivity index (χ1v) is 7.83. The minimum atomic E-state index is -2.23. The van der Waals surface area contributed by atoms with Gasteiger partial charge in [0.15, 0.2) is 0 Å². The zero-order valence-electron chi connectivity index (χ0n) is 11.8. The Morgan fingerprint density at radius 3 is 2.32 bits per heavy atom. The first-order chi connectivity index (χ1) is 10.7. The summed E-state index contributed by atoms with van der Waals surface area (Å²) in [5, 5.41) is 0. The Hall–Kier alpha value is -2.21. The molecular weight excluding hydrogens is 298 g/mol. The minimum absolute atomic E-state index is 0.114. The van der Waals surface area contributed by atoms with Crippen LogP contribution >= 0.6 is 0 Å². The summed E-state index contributed by atoms with van der Waals surface area (Å²) in [6.45, 7) is 0.114. The van der Waals surface area contributed by atoms with Gasteiger partial charge in [-0.05, 0) is 29.3 Å². The fourth-order valence-electron chi connectivity index (χ4n) is 2.34. The molecule has 0 aliphatic rings. The maximum atomic E-state index is 10.5. The van der Waals surface area contributed by atoms with Crippen molar-refractivity contribution in [3.8, 4) is 16.8 Å². The molecule has 0 aliphatic heterocycles. The van der Waals surface area contributed by atoms with E-state index in [4.69, 9.17) is 4.55 Å². The lowest BCUT2D eigenvalue weighted by Gasteiger charge is -2.11. The maximum absolute atomic E-state index is 10.5. The van der Waals surface area contributed by atoms with Crippen LogP contribution in [0, 0.1) is 0 Å². The van der Waals surface area contributed by atoms with E-state index in [0.29, 0.717) is 0 Å². The van der Waals surface area contributed by atoms with E-state index in [1.807, 2.05) is 60.9 Å². The van der Waals surface area contributed by atoms with Crippen molar-refractivity contribution in [2.45, 2.75) is 6.61 Å². The van der Waals surface area contributed by atoms with Crippen molar-refractivity contribution in [1.82, 2.24) is 4.57 Å². The van der Waals surface area contributed by atoms with Crippen LogP contribution in [0.2, 0.25) is 0 Å². The lowest BCUT2D eigenvalue weighted by Crippen LogP contribution is -1.96. The summed E-state index contributed by atoms with van der Waals surface area (Å²) in [5.74, 6) is 0. The lowest BCUT2D eigenvalue weighted by atomic mass is 10.0. The number of hydrogen-bond donors (Lipinski definition) is 1. The molecule has 3 rings (SSSR count). The highest BCUT2D eigenvalue weighted by atomic mass is 32.2. The van der Waals surface area contributed by atoms with Crippen molar-refractivity contribution in [1.29, 1.82) is 0 Å². The fourth-order valence-corrected chi connectivity index (χ4v) is 2.57. The molecule has 1 heterocycles. The van der Waals surface area contributed by atoms with Gasteiger partial charge in [0, 0.05) is 18.0 Å². The second kappa shape index (κ2) is 6.70. The molecule has 1 unspecified atom stereocenters. The van der Waals surface area contributed by atoms with Crippen LogP contribution in [0.1, 0.15) is 5.56 Å². The SMILES string of the molecule is O=S(O)OCc1ccc(-c2ccccc2-n2cccc2)cc1. The van der Waals surface area contributed by atoms with E-state index in [1.165, 1.54) is 0 Å². The van der Waals surface area contributed by atoms with E-state index in [1.54, 1.807) is 0 Å². The molecule has 1 atom stereocenters. The van der Waals surface area contributed by atoms with Crippen molar-refractivity contribution in [2.24, 2.45) is 0 Å². The van der Waals surface area contributed by atoms with Gasteiger partial charge in [-0.25, -0.2) is 0 Å². The molecule has 3 aromatic rings. The van der Waals surface area contributed by atoms with Crippen LogP contribution in [0.25, 0.3) is 16.8 Å². The second-order valence-corrected chi connectivity index (χ2v) is 5.45. The van der Waals surface area contributed by atoms with Crippen LogP contribution < -0.4 is 0 Å². The van der Waals surface area contributed by atoms with Crippen LogP contribution in [0.4, 0.5) is 0 Å². The highest BCUT2D eigenvalue weighted by molar-refractivity contribution is 7.74. The van der Waals surface area contributed by atoms with Gasteiger partial charge in [-0.3, -0.25) is 8.74 Å². The van der Waals surface area contributed by atoms with Crippen LogP contribution in [-0.4, -0.2) is 13.3 Å². The van der Waals surface area contributed by atoms with Gasteiger partial charge >= 0.3 is 11.4 Å². The average Bonchev–Trinajstić information content (AvgIpc) is 3.08. The molecule has 0 saturated heterocycles. The Morgan fingerprint density at radius 2 is 1.64 bits per heavy atom. The van der Waals surface area contributed by atoms with Crippen molar-refractivity contribution in [3.05, 3.63) is 78.6 Å². The van der Waals surface area contributed by atoms with E-state index < -0.39 is 11.4 Å². The Bertz CT molecular complexity index is 767. The third-order valence-electron chi connectivity index (χ3n) is 3.38. The maximum Gasteiger partial charge on any atom is 0.302 e. The first kappa shape index (κ1) is 14.7. The van der Waals surface area contributed by atoms with Crippen molar-refractivity contribution >= 4 is 11.4 Å². The van der Waals surface area contributed by atoms with Crippen LogP contribution in [0.15, 0.2) is 73.1 Å². The normalized spacial score (nSPS) is 12.2. The van der Waals surface area contributed by atoms with Gasteiger partial charge in [-0.1, -0.05) is 42.5 Å². The van der Waals surface area contributed by atoms with E-state index in [2.05, 4.69) is 20.9 Å². The Balaban J connectivity index is 1.90. The summed E-state index contributed by atoms with van der Waals surface area (Å²) in [7, 11) is 0. The zero-order chi connectivity index (χ0) is 15.4. The third-order valence-corrected chi connectivity index (χ3v) is 3.70. The molecule has 2 aromatic carbocycles. The summed E-state index contributed by atoms with van der Waals surface area (Å²) in [5.41, 5.74) is 4.16. The minimum Gasteiger partial charge on any atom is -0.323 e. The summed E-state index contributed by atoms with van der Waals surface area (Å²) in [6, 6.07) is 19.9. The van der Waals surface area contributed by atoms with Crippen LogP contribution in [0.5, 0.6) is 0 Å². The number of benzene rings is 2. The van der Waals surface area contributed by atoms with E-state index >= 15 is 0 Å². The van der Waals surface area contributed by atoms with Crippen molar-refractivity contribution in [2.75, 3.05) is 0 Å². The Labute approximate surface area is 131 Å². The van der Waals surface area contributed by atoms with E-state index in [9.17, 15) is 4.21 Å². The molecule has 0 amide bonds. The predicted octanol–water partition coefficient (Wildman–Crippen LogP) is 3.80. The predicted molar refractivity (Wildman–Crippen MR) is 86.8 cm³/mol. The topological polar surface area (TPSA) is 51.5 Å². The number of hydrogen-bond acceptors (Lipinski definition) is 2. The third kappa shape index (κ3) is 3.33. The van der Waals surface area contributed by atoms with Crippen molar-refractivity contribution < 1.29 is 12.9 Å². The molecule has 1 N–H and O–H groups in total. The Morgan fingerprint density at radius 1 is 0.955 bits per heavy atom. The first-order valence-electron chi connectivity index (χ1n) is 6.80. The summed E-state index contributed by atoms with van der Waals surface area (Å²) < 4.78 is 25.9. The molecule has 1 aromatic heterocycles. The van der Waals surface area contributed by atoms with Crippen LogP contribution in [0.3, 0.4) is 0 Å². The van der Waals surface area contributed by atoms with Gasteiger partial charge in [0.05, 0.1) is 12.3 Å². The lowest BCUT2D eigenvalue weighted by molar-refractivity contribution is 0.297. The standard InChI is InChI=1S/C17H15NO3S/c19-22(20)21-13-14-7-9-15(10-8-14)16-5-1-2-6-17(16)18-11-3-4-12-18/h1-12H,13H2,(H,19,20). The fraction of sp³-hybridized carbons (Fsp3) is 0.0588. The molecule has 0 saturated carbocycles. The molecule has 0 fully saturated rings. The molecule has 5 heteroatoms. The van der Waals surface area contributed by atoms with Gasteiger partial charge in [-0.2, -0.15) is 4.21 Å². The quantitative estimate of drug-likeness (QED) is 0.729. The van der Waals surface area contributed by atoms with Gasteiger partial charge in [0.25, 0.3) is 0 Å². The molecule has 0 spiro atoms. The van der Waals surface area contributed by atoms with E-state index in [0.717, 1.165) is 22.4 Å². The molecule has 22 heavy (non-hydrogen) atoms.